The number of rotatable bonds is 4. The Balaban J connectivity index is 2.57. The van der Waals surface area contributed by atoms with Crippen LogP contribution >= 0.6 is 22.6 Å². The SMILES string of the molecule is CC(C(O[SiH](C)C)n1nc(I)c2cc(F)ccc21)C(C)(C)C. The summed E-state index contributed by atoms with van der Waals surface area (Å²) in [6.45, 7) is 13.2. The minimum atomic E-state index is -1.24. The summed E-state index contributed by atoms with van der Waals surface area (Å²) in [4.78, 5) is 0. The van der Waals surface area contributed by atoms with Crippen molar-refractivity contribution in [3.8, 4) is 0 Å². The molecule has 1 heterocycles. The van der Waals surface area contributed by atoms with Crippen LogP contribution in [0.3, 0.4) is 0 Å². The molecule has 0 aliphatic heterocycles. The molecule has 0 radical (unpaired) electrons. The smallest absolute Gasteiger partial charge is 0.173 e. The Kier molecular flexibility index (Phi) is 5.33. The Bertz CT molecular complexity index is 666. The molecule has 0 saturated heterocycles. The maximum atomic E-state index is 13.5. The Morgan fingerprint density at radius 2 is 1.95 bits per heavy atom. The maximum absolute atomic E-state index is 13.5. The fourth-order valence-electron chi connectivity index (χ4n) is 2.36. The van der Waals surface area contributed by atoms with Crippen molar-refractivity contribution in [1.29, 1.82) is 0 Å². The standard InChI is InChI=1S/C16H24FIN2OSi/c1-10(16(2,3)4)15(21-22(5)6)20-13-8-7-11(17)9-12(13)14(18)19-20/h7-10,15,22H,1-6H3. The van der Waals surface area contributed by atoms with Gasteiger partial charge in [-0.05, 0) is 59.3 Å². The van der Waals surface area contributed by atoms with E-state index in [-0.39, 0.29) is 23.4 Å². The van der Waals surface area contributed by atoms with Crippen molar-refractivity contribution in [3.05, 3.63) is 27.7 Å². The molecule has 0 spiro atoms. The molecule has 22 heavy (non-hydrogen) atoms. The summed E-state index contributed by atoms with van der Waals surface area (Å²) in [7, 11) is -1.24. The third-order valence-electron chi connectivity index (χ3n) is 4.07. The molecule has 2 atom stereocenters. The van der Waals surface area contributed by atoms with Crippen molar-refractivity contribution in [3.63, 3.8) is 0 Å². The van der Waals surface area contributed by atoms with E-state index in [2.05, 4.69) is 68.5 Å². The van der Waals surface area contributed by atoms with Crippen LogP contribution in [0.1, 0.15) is 33.9 Å². The first kappa shape index (κ1) is 17.9. The number of nitrogens with zero attached hydrogens (tertiary/aromatic N) is 2. The summed E-state index contributed by atoms with van der Waals surface area (Å²) in [5, 5.41) is 5.50. The lowest BCUT2D eigenvalue weighted by molar-refractivity contribution is 0.0127. The Hall–Kier alpha value is -0.473. The second kappa shape index (κ2) is 6.57. The fraction of sp³-hybridized carbons (Fsp3) is 0.562. The molecule has 0 aliphatic rings. The van der Waals surface area contributed by atoms with E-state index in [0.29, 0.717) is 0 Å². The zero-order chi connectivity index (χ0) is 16.7. The predicted octanol–water partition coefficient (Wildman–Crippen LogP) is 4.96. The van der Waals surface area contributed by atoms with Gasteiger partial charge < -0.3 is 4.43 Å². The highest BCUT2D eigenvalue weighted by atomic mass is 127. The van der Waals surface area contributed by atoms with Gasteiger partial charge in [0.2, 0.25) is 0 Å². The summed E-state index contributed by atoms with van der Waals surface area (Å²) < 4.78 is 22.6. The van der Waals surface area contributed by atoms with Gasteiger partial charge in [-0.15, -0.1) is 0 Å². The average Bonchev–Trinajstić information content (AvgIpc) is 2.71. The molecule has 1 aromatic heterocycles. The monoisotopic (exact) mass is 434 g/mol. The van der Waals surface area contributed by atoms with E-state index in [1.165, 1.54) is 6.07 Å². The predicted molar refractivity (Wildman–Crippen MR) is 100 cm³/mol. The topological polar surface area (TPSA) is 27.1 Å². The Labute approximate surface area is 147 Å². The molecule has 1 aromatic carbocycles. The second-order valence-corrected chi connectivity index (χ2v) is 10.5. The van der Waals surface area contributed by atoms with Gasteiger partial charge in [0, 0.05) is 11.3 Å². The van der Waals surface area contributed by atoms with E-state index in [1.54, 1.807) is 12.1 Å². The highest BCUT2D eigenvalue weighted by Gasteiger charge is 2.32. The van der Waals surface area contributed by atoms with E-state index in [1.807, 2.05) is 4.68 Å². The van der Waals surface area contributed by atoms with Crippen LogP contribution in [0.15, 0.2) is 18.2 Å². The van der Waals surface area contributed by atoms with Crippen LogP contribution in [0.4, 0.5) is 4.39 Å². The van der Waals surface area contributed by atoms with Gasteiger partial charge in [-0.2, -0.15) is 5.10 Å². The van der Waals surface area contributed by atoms with Gasteiger partial charge in [0.25, 0.3) is 0 Å². The van der Waals surface area contributed by atoms with E-state index < -0.39 is 9.04 Å². The first-order valence-electron chi connectivity index (χ1n) is 7.60. The lowest BCUT2D eigenvalue weighted by Crippen LogP contribution is -2.33. The molecule has 0 bridgehead atoms. The van der Waals surface area contributed by atoms with E-state index in [9.17, 15) is 4.39 Å². The molecule has 6 heteroatoms. The van der Waals surface area contributed by atoms with Gasteiger partial charge in [0.05, 0.1) is 5.52 Å². The van der Waals surface area contributed by atoms with Gasteiger partial charge >= 0.3 is 0 Å². The minimum absolute atomic E-state index is 0.0949. The fourth-order valence-corrected chi connectivity index (χ4v) is 3.94. The molecule has 0 fully saturated rings. The van der Waals surface area contributed by atoms with Crippen LogP contribution in [0.5, 0.6) is 0 Å². The second-order valence-electron chi connectivity index (χ2n) is 7.13. The van der Waals surface area contributed by atoms with Gasteiger partial charge in [-0.1, -0.05) is 27.7 Å². The lowest BCUT2D eigenvalue weighted by atomic mass is 9.81. The van der Waals surface area contributed by atoms with Crippen molar-refractivity contribution in [1.82, 2.24) is 9.78 Å². The van der Waals surface area contributed by atoms with Gasteiger partial charge in [-0.25, -0.2) is 9.07 Å². The van der Waals surface area contributed by atoms with Gasteiger partial charge in [-0.3, -0.25) is 0 Å². The highest BCUT2D eigenvalue weighted by Crippen LogP contribution is 2.37. The zero-order valence-electron chi connectivity index (χ0n) is 14.0. The van der Waals surface area contributed by atoms with Crippen LogP contribution < -0.4 is 0 Å². The first-order chi connectivity index (χ1) is 10.1. The number of halogens is 2. The first-order valence-corrected chi connectivity index (χ1v) is 11.5. The van der Waals surface area contributed by atoms with Crippen LogP contribution in [0.25, 0.3) is 10.9 Å². The van der Waals surface area contributed by atoms with Crippen LogP contribution in [-0.4, -0.2) is 18.8 Å². The molecule has 2 rings (SSSR count). The molecule has 2 aromatic rings. The van der Waals surface area contributed by atoms with Crippen molar-refractivity contribution in [2.75, 3.05) is 0 Å². The van der Waals surface area contributed by atoms with Crippen LogP contribution in [-0.2, 0) is 4.43 Å². The molecule has 0 amide bonds. The normalized spacial score (nSPS) is 15.5. The number of aromatic nitrogens is 2. The van der Waals surface area contributed by atoms with Crippen molar-refractivity contribution < 1.29 is 8.82 Å². The number of fused-ring (bicyclic) bond motifs is 1. The lowest BCUT2D eigenvalue weighted by Gasteiger charge is -2.35. The summed E-state index contributed by atoms with van der Waals surface area (Å²) in [5.41, 5.74) is 1.03. The van der Waals surface area contributed by atoms with Crippen molar-refractivity contribution >= 4 is 42.5 Å². The highest BCUT2D eigenvalue weighted by molar-refractivity contribution is 14.1. The number of benzene rings is 1. The minimum Gasteiger partial charge on any atom is -0.399 e. The molecule has 2 unspecified atom stereocenters. The van der Waals surface area contributed by atoms with E-state index >= 15 is 0 Å². The summed E-state index contributed by atoms with van der Waals surface area (Å²) in [6.07, 6.45) is -0.122. The molecule has 0 aliphatic carbocycles. The molecule has 0 N–H and O–H groups in total. The van der Waals surface area contributed by atoms with Crippen LogP contribution in [0, 0.1) is 20.9 Å². The third-order valence-corrected chi connectivity index (χ3v) is 5.69. The zero-order valence-corrected chi connectivity index (χ0v) is 17.3. The van der Waals surface area contributed by atoms with Gasteiger partial charge in [0.1, 0.15) is 15.7 Å². The number of hydrogen-bond acceptors (Lipinski definition) is 2. The summed E-state index contributed by atoms with van der Waals surface area (Å²) in [6, 6.07) is 4.84. The average molecular weight is 434 g/mol. The Morgan fingerprint density at radius 1 is 1.32 bits per heavy atom. The number of hydrogen-bond donors (Lipinski definition) is 0. The molecule has 122 valence electrons. The molecular formula is C16H24FIN2OSi. The summed E-state index contributed by atoms with van der Waals surface area (Å²) >= 11 is 2.16. The molecule has 0 saturated carbocycles. The molecule has 3 nitrogen and oxygen atoms in total. The largest absolute Gasteiger partial charge is 0.399 e. The van der Waals surface area contributed by atoms with Crippen molar-refractivity contribution in [2.45, 2.75) is 47.0 Å². The Morgan fingerprint density at radius 3 is 2.50 bits per heavy atom. The van der Waals surface area contributed by atoms with Gasteiger partial charge in [0.15, 0.2) is 9.04 Å². The quantitative estimate of drug-likeness (QED) is 0.503. The maximum Gasteiger partial charge on any atom is 0.173 e. The summed E-state index contributed by atoms with van der Waals surface area (Å²) in [5.74, 6) is 0.0518. The van der Waals surface area contributed by atoms with Crippen LogP contribution in [0.2, 0.25) is 13.1 Å². The molecular weight excluding hydrogens is 410 g/mol. The third kappa shape index (κ3) is 3.71. The van der Waals surface area contributed by atoms with E-state index in [4.69, 9.17) is 4.43 Å². The van der Waals surface area contributed by atoms with E-state index in [0.717, 1.165) is 14.6 Å². The van der Waals surface area contributed by atoms with Crippen molar-refractivity contribution in [2.24, 2.45) is 11.3 Å².